The fraction of sp³-hybridized carbons (Fsp3) is 0.167. The number of aromatic nitrogens is 2. The number of rotatable bonds is 8. The average Bonchev–Trinajstić information content (AvgIpc) is 3.78. The average molecular weight is 600 g/mol. The molecule has 2 aliphatic rings. The number of carbonyl (C=O) groups excluding carboxylic acids is 2. The monoisotopic (exact) mass is 599 g/mol. The van der Waals surface area contributed by atoms with Crippen LogP contribution in [0.1, 0.15) is 39.8 Å². The van der Waals surface area contributed by atoms with Crippen molar-refractivity contribution >= 4 is 18.2 Å². The number of imidazole rings is 1. The number of carboxylic acids is 1. The number of carbonyl (C=O) groups is 3. The number of benzene rings is 4. The zero-order valence-corrected chi connectivity index (χ0v) is 24.1. The van der Waals surface area contributed by atoms with Crippen LogP contribution >= 0.6 is 0 Å². The molecule has 45 heavy (non-hydrogen) atoms. The molecular formula is C36H29N3O6. The van der Waals surface area contributed by atoms with E-state index in [1.165, 1.54) is 12.5 Å². The van der Waals surface area contributed by atoms with E-state index < -0.39 is 24.2 Å². The van der Waals surface area contributed by atoms with Gasteiger partial charge in [0.05, 0.1) is 12.0 Å². The Bertz CT molecular complexity index is 1700. The molecule has 0 unspecified atom stereocenters. The number of ether oxygens (including phenoxy) is 2. The summed E-state index contributed by atoms with van der Waals surface area (Å²) in [6, 6.07) is 29.9. The van der Waals surface area contributed by atoms with Crippen LogP contribution in [0.4, 0.5) is 9.59 Å². The van der Waals surface area contributed by atoms with Gasteiger partial charge in [-0.05, 0) is 44.5 Å². The SMILES string of the molecule is O=C(O)[C@H](Cc1c[nH]cn1)N(C(=O)OCC1c2ccccc2-c2ccccc21)C(=O)OCC1c2ccccc2-c2ccccc21. The van der Waals surface area contributed by atoms with Gasteiger partial charge in [0.15, 0.2) is 0 Å². The second kappa shape index (κ2) is 11.8. The van der Waals surface area contributed by atoms with Gasteiger partial charge in [0.25, 0.3) is 0 Å². The second-order valence-corrected chi connectivity index (χ2v) is 11.1. The molecule has 1 atom stereocenters. The van der Waals surface area contributed by atoms with E-state index in [9.17, 15) is 19.5 Å². The van der Waals surface area contributed by atoms with Gasteiger partial charge in [-0.25, -0.2) is 19.4 Å². The highest BCUT2D eigenvalue weighted by molar-refractivity contribution is 5.94. The van der Waals surface area contributed by atoms with Crippen LogP contribution in [0.3, 0.4) is 0 Å². The van der Waals surface area contributed by atoms with Crippen LogP contribution in [0, 0.1) is 0 Å². The molecule has 0 bridgehead atoms. The Morgan fingerprint density at radius 2 is 1.09 bits per heavy atom. The molecular weight excluding hydrogens is 570 g/mol. The van der Waals surface area contributed by atoms with Gasteiger partial charge in [-0.2, -0.15) is 4.90 Å². The smallest absolute Gasteiger partial charge is 0.420 e. The van der Waals surface area contributed by atoms with E-state index in [1.54, 1.807) is 0 Å². The van der Waals surface area contributed by atoms with Crippen molar-refractivity contribution in [2.24, 2.45) is 0 Å². The number of H-pyrrole nitrogens is 1. The lowest BCUT2D eigenvalue weighted by molar-refractivity contribution is -0.142. The zero-order chi connectivity index (χ0) is 30.9. The van der Waals surface area contributed by atoms with Crippen LogP contribution in [0.5, 0.6) is 0 Å². The molecule has 2 aliphatic carbocycles. The summed E-state index contributed by atoms with van der Waals surface area (Å²) in [6.45, 7) is -0.177. The van der Waals surface area contributed by atoms with Gasteiger partial charge >= 0.3 is 18.2 Å². The number of hydrogen-bond acceptors (Lipinski definition) is 6. The van der Waals surface area contributed by atoms with Crippen molar-refractivity contribution in [3.63, 3.8) is 0 Å². The summed E-state index contributed by atoms with van der Waals surface area (Å²) in [5.74, 6) is -1.94. The lowest BCUT2D eigenvalue weighted by Gasteiger charge is -2.27. The summed E-state index contributed by atoms with van der Waals surface area (Å²) in [4.78, 5) is 47.5. The van der Waals surface area contributed by atoms with E-state index in [0.717, 1.165) is 44.5 Å². The molecule has 9 heteroatoms. The van der Waals surface area contributed by atoms with Crippen molar-refractivity contribution in [3.8, 4) is 22.3 Å². The number of aliphatic carboxylic acids is 1. The van der Waals surface area contributed by atoms with Crippen molar-refractivity contribution < 1.29 is 29.0 Å². The maximum absolute atomic E-state index is 13.7. The van der Waals surface area contributed by atoms with Gasteiger partial charge in [-0.3, -0.25) is 0 Å². The molecule has 1 heterocycles. The summed E-state index contributed by atoms with van der Waals surface area (Å²) < 4.78 is 11.5. The summed E-state index contributed by atoms with van der Waals surface area (Å²) >= 11 is 0. The van der Waals surface area contributed by atoms with Crippen molar-refractivity contribution in [1.82, 2.24) is 14.9 Å². The molecule has 1 aromatic heterocycles. The predicted octanol–water partition coefficient (Wildman–Crippen LogP) is 6.61. The summed E-state index contributed by atoms with van der Waals surface area (Å²) in [5, 5.41) is 10.2. The molecule has 0 spiro atoms. The summed E-state index contributed by atoms with van der Waals surface area (Å²) in [5.41, 5.74) is 8.51. The van der Waals surface area contributed by atoms with Crippen LogP contribution < -0.4 is 0 Å². The van der Waals surface area contributed by atoms with E-state index in [2.05, 4.69) is 9.97 Å². The third-order valence-electron chi connectivity index (χ3n) is 8.62. The third-order valence-corrected chi connectivity index (χ3v) is 8.62. The third kappa shape index (κ3) is 5.12. The van der Waals surface area contributed by atoms with E-state index in [-0.39, 0.29) is 31.5 Å². The fourth-order valence-electron chi connectivity index (χ4n) is 6.55. The highest BCUT2D eigenvalue weighted by Crippen LogP contribution is 2.46. The number of nitrogens with zero attached hydrogens (tertiary/aromatic N) is 2. The summed E-state index contributed by atoms with van der Waals surface area (Å²) in [6.07, 6.45) is 0.490. The molecule has 0 radical (unpaired) electrons. The maximum Gasteiger partial charge on any atom is 0.420 e. The van der Waals surface area contributed by atoms with Crippen molar-refractivity contribution in [3.05, 3.63) is 138 Å². The first kappa shape index (κ1) is 28.1. The number of imide groups is 1. The number of hydrogen-bond donors (Lipinski definition) is 2. The number of carboxylic acid groups (broad SMARTS) is 1. The van der Waals surface area contributed by atoms with Crippen LogP contribution in [-0.4, -0.2) is 57.4 Å². The standard InChI is InChI=1S/C36H29N3O6/c40-34(41)33(17-22-18-37-21-38-22)39(35(42)44-19-31-27-13-5-1-9-23(27)24-10-2-6-14-28(24)31)36(43)45-20-32-29-15-7-3-11-25(29)26-12-4-8-16-30(26)32/h1-16,18,21,31-33H,17,19-20H2,(H,37,38)(H,40,41)/t33-/m0/s1. The zero-order valence-electron chi connectivity index (χ0n) is 24.1. The molecule has 9 nitrogen and oxygen atoms in total. The molecule has 224 valence electrons. The second-order valence-electron chi connectivity index (χ2n) is 11.1. The molecule has 0 saturated heterocycles. The van der Waals surface area contributed by atoms with Crippen LogP contribution in [0.25, 0.3) is 22.3 Å². The minimum Gasteiger partial charge on any atom is -0.480 e. The molecule has 2 N–H and O–H groups in total. The highest BCUT2D eigenvalue weighted by atomic mass is 16.6. The van der Waals surface area contributed by atoms with Crippen LogP contribution in [0.2, 0.25) is 0 Å². The Kier molecular flexibility index (Phi) is 7.34. The van der Waals surface area contributed by atoms with Crippen molar-refractivity contribution in [1.29, 1.82) is 0 Å². The van der Waals surface area contributed by atoms with E-state index in [4.69, 9.17) is 9.47 Å². The lowest BCUT2D eigenvalue weighted by atomic mass is 9.98. The lowest BCUT2D eigenvalue weighted by Crippen LogP contribution is -2.50. The summed E-state index contributed by atoms with van der Waals surface area (Å²) in [7, 11) is 0. The first-order chi connectivity index (χ1) is 22.0. The van der Waals surface area contributed by atoms with E-state index in [0.29, 0.717) is 10.6 Å². The Morgan fingerprint density at radius 3 is 1.44 bits per heavy atom. The van der Waals surface area contributed by atoms with Gasteiger partial charge in [-0.1, -0.05) is 97.1 Å². The number of amides is 2. The van der Waals surface area contributed by atoms with Gasteiger partial charge in [-0.15, -0.1) is 0 Å². The van der Waals surface area contributed by atoms with Gasteiger partial charge in [0, 0.05) is 24.5 Å². The maximum atomic E-state index is 13.7. The quantitative estimate of drug-likeness (QED) is 0.206. The molecule has 5 aromatic rings. The minimum absolute atomic E-state index is 0.0885. The minimum atomic E-state index is -1.61. The number of nitrogens with one attached hydrogen (secondary N) is 1. The molecule has 0 fully saturated rings. The van der Waals surface area contributed by atoms with Crippen molar-refractivity contribution in [2.75, 3.05) is 13.2 Å². The molecule has 4 aromatic carbocycles. The molecule has 7 rings (SSSR count). The van der Waals surface area contributed by atoms with Crippen LogP contribution in [0.15, 0.2) is 110 Å². The number of aromatic amines is 1. The van der Waals surface area contributed by atoms with E-state index in [1.807, 2.05) is 97.1 Å². The fourth-order valence-corrected chi connectivity index (χ4v) is 6.55. The van der Waals surface area contributed by atoms with E-state index >= 15 is 0 Å². The first-order valence-corrected chi connectivity index (χ1v) is 14.7. The molecule has 0 saturated carbocycles. The van der Waals surface area contributed by atoms with Gasteiger partial charge < -0.3 is 19.6 Å². The Hall–Kier alpha value is -5.70. The Balaban J connectivity index is 1.15. The normalized spacial score (nSPS) is 13.7. The highest BCUT2D eigenvalue weighted by Gasteiger charge is 2.40. The Labute approximate surface area is 259 Å². The molecule has 0 aliphatic heterocycles. The molecule has 2 amide bonds. The Morgan fingerprint density at radius 1 is 0.689 bits per heavy atom. The number of fused-ring (bicyclic) bond motifs is 6. The predicted molar refractivity (Wildman–Crippen MR) is 166 cm³/mol. The van der Waals surface area contributed by atoms with Crippen LogP contribution in [-0.2, 0) is 20.7 Å². The first-order valence-electron chi connectivity index (χ1n) is 14.7. The van der Waals surface area contributed by atoms with Gasteiger partial charge in [0.1, 0.15) is 19.3 Å². The van der Waals surface area contributed by atoms with Crippen molar-refractivity contribution in [2.45, 2.75) is 24.3 Å². The van der Waals surface area contributed by atoms with Gasteiger partial charge in [0.2, 0.25) is 0 Å². The topological polar surface area (TPSA) is 122 Å². The largest absolute Gasteiger partial charge is 0.480 e.